The van der Waals surface area contributed by atoms with E-state index in [4.69, 9.17) is 0 Å². The topological polar surface area (TPSA) is 66.5 Å². The van der Waals surface area contributed by atoms with Crippen LogP contribution in [0.3, 0.4) is 0 Å². The number of hydrogen-bond donors (Lipinski definition) is 1. The summed E-state index contributed by atoms with van der Waals surface area (Å²) in [7, 11) is 0. The van der Waals surface area contributed by atoms with Crippen LogP contribution in [0.15, 0.2) is 66.7 Å². The van der Waals surface area contributed by atoms with Gasteiger partial charge < -0.3 is 5.32 Å². The van der Waals surface area contributed by atoms with Gasteiger partial charge >= 0.3 is 0 Å². The first-order valence-electron chi connectivity index (χ1n) is 10.5. The maximum atomic E-state index is 12.5. The molecule has 1 N–H and O–H groups in total. The SMILES string of the molecule is C[C@H](NC(=O)CCN1C(=O)[C@H]2CC=CC[C@H]2C1=O)c1ccc(-c2ccccc2)cc1. The van der Waals surface area contributed by atoms with E-state index in [1.165, 1.54) is 4.90 Å². The zero-order valence-electron chi connectivity index (χ0n) is 17.1. The lowest BCUT2D eigenvalue weighted by atomic mass is 9.85. The van der Waals surface area contributed by atoms with E-state index in [1.807, 2.05) is 61.5 Å². The lowest BCUT2D eigenvalue weighted by Crippen LogP contribution is -2.36. The second-order valence-corrected chi connectivity index (χ2v) is 8.01. The van der Waals surface area contributed by atoms with Gasteiger partial charge in [0.25, 0.3) is 0 Å². The van der Waals surface area contributed by atoms with Gasteiger partial charge in [0.1, 0.15) is 0 Å². The minimum absolute atomic E-state index is 0.122. The molecule has 5 heteroatoms. The molecule has 3 atom stereocenters. The fourth-order valence-electron chi connectivity index (χ4n) is 4.29. The van der Waals surface area contributed by atoms with Crippen molar-refractivity contribution in [3.8, 4) is 11.1 Å². The van der Waals surface area contributed by atoms with Gasteiger partial charge in [-0.2, -0.15) is 0 Å². The van der Waals surface area contributed by atoms with Crippen LogP contribution in [0.5, 0.6) is 0 Å². The highest BCUT2D eigenvalue weighted by Gasteiger charge is 2.46. The van der Waals surface area contributed by atoms with Crippen molar-refractivity contribution >= 4 is 17.7 Å². The van der Waals surface area contributed by atoms with Gasteiger partial charge in [0, 0.05) is 13.0 Å². The Balaban J connectivity index is 1.31. The predicted molar refractivity (Wildman–Crippen MR) is 115 cm³/mol. The summed E-state index contributed by atoms with van der Waals surface area (Å²) in [5.41, 5.74) is 3.28. The summed E-state index contributed by atoms with van der Waals surface area (Å²) in [6.07, 6.45) is 5.29. The molecule has 1 aliphatic heterocycles. The van der Waals surface area contributed by atoms with Crippen molar-refractivity contribution in [1.82, 2.24) is 10.2 Å². The summed E-state index contributed by atoms with van der Waals surface area (Å²) < 4.78 is 0. The van der Waals surface area contributed by atoms with Crippen LogP contribution in [0.4, 0.5) is 0 Å². The van der Waals surface area contributed by atoms with Gasteiger partial charge in [0.2, 0.25) is 17.7 Å². The largest absolute Gasteiger partial charge is 0.350 e. The van der Waals surface area contributed by atoms with Crippen LogP contribution in [-0.4, -0.2) is 29.2 Å². The molecule has 1 fully saturated rings. The van der Waals surface area contributed by atoms with Gasteiger partial charge in [-0.05, 0) is 36.5 Å². The van der Waals surface area contributed by atoms with E-state index in [1.54, 1.807) is 0 Å². The number of amides is 3. The molecule has 3 amide bonds. The van der Waals surface area contributed by atoms with E-state index in [0.29, 0.717) is 12.8 Å². The zero-order chi connectivity index (χ0) is 21.1. The smallest absolute Gasteiger partial charge is 0.233 e. The Labute approximate surface area is 176 Å². The summed E-state index contributed by atoms with van der Waals surface area (Å²) in [5, 5.41) is 2.97. The number of carbonyl (C=O) groups excluding carboxylic acids is 3. The highest BCUT2D eigenvalue weighted by molar-refractivity contribution is 6.05. The fraction of sp³-hybridized carbons (Fsp3) is 0.320. The molecule has 154 valence electrons. The van der Waals surface area contributed by atoms with E-state index in [0.717, 1.165) is 16.7 Å². The third kappa shape index (κ3) is 4.06. The van der Waals surface area contributed by atoms with Gasteiger partial charge in [-0.25, -0.2) is 0 Å². The average Bonchev–Trinajstić information content (AvgIpc) is 3.03. The minimum Gasteiger partial charge on any atom is -0.350 e. The highest BCUT2D eigenvalue weighted by atomic mass is 16.2. The van der Waals surface area contributed by atoms with Gasteiger partial charge in [-0.1, -0.05) is 66.7 Å². The summed E-state index contributed by atoms with van der Waals surface area (Å²) >= 11 is 0. The quantitative estimate of drug-likeness (QED) is 0.589. The standard InChI is InChI=1S/C25H26N2O3/c1-17(18-11-13-20(14-12-18)19-7-3-2-4-8-19)26-23(28)15-16-27-24(29)21-9-5-6-10-22(21)25(27)30/h2-8,11-14,17,21-22H,9-10,15-16H2,1H3,(H,26,28)/t17-,21-,22+/m0/s1. The molecule has 2 aliphatic rings. The van der Waals surface area contributed by atoms with Gasteiger partial charge in [-0.15, -0.1) is 0 Å². The molecule has 1 aliphatic carbocycles. The lowest BCUT2D eigenvalue weighted by molar-refractivity contribution is -0.140. The molecular weight excluding hydrogens is 376 g/mol. The number of benzene rings is 2. The zero-order valence-corrected chi connectivity index (χ0v) is 17.1. The van der Waals surface area contributed by atoms with Crippen LogP contribution in [0.25, 0.3) is 11.1 Å². The maximum absolute atomic E-state index is 12.5. The Morgan fingerprint density at radius 1 is 0.933 bits per heavy atom. The Hall–Kier alpha value is -3.21. The first-order chi connectivity index (χ1) is 14.5. The molecule has 0 spiro atoms. The Morgan fingerprint density at radius 3 is 2.10 bits per heavy atom. The number of fused-ring (bicyclic) bond motifs is 1. The number of likely N-dealkylation sites (tertiary alicyclic amines) is 1. The first-order valence-corrected chi connectivity index (χ1v) is 10.5. The molecule has 2 aromatic carbocycles. The molecule has 0 unspecified atom stereocenters. The van der Waals surface area contributed by atoms with Crippen molar-refractivity contribution in [1.29, 1.82) is 0 Å². The van der Waals surface area contributed by atoms with Crippen LogP contribution >= 0.6 is 0 Å². The third-order valence-corrected chi connectivity index (χ3v) is 6.06. The fourth-order valence-corrected chi connectivity index (χ4v) is 4.29. The van der Waals surface area contributed by atoms with Crippen molar-refractivity contribution in [3.05, 3.63) is 72.3 Å². The van der Waals surface area contributed by atoms with Crippen molar-refractivity contribution in [2.75, 3.05) is 6.54 Å². The normalized spacial score (nSPS) is 21.4. The van der Waals surface area contributed by atoms with Crippen LogP contribution in [-0.2, 0) is 14.4 Å². The number of rotatable bonds is 6. The number of hydrogen-bond acceptors (Lipinski definition) is 3. The molecule has 0 aromatic heterocycles. The second kappa shape index (κ2) is 8.66. The van der Waals surface area contributed by atoms with Crippen LogP contribution in [0.1, 0.15) is 37.8 Å². The second-order valence-electron chi connectivity index (χ2n) is 8.01. The monoisotopic (exact) mass is 402 g/mol. The Morgan fingerprint density at radius 2 is 1.50 bits per heavy atom. The average molecular weight is 402 g/mol. The van der Waals surface area contributed by atoms with Crippen molar-refractivity contribution in [2.45, 2.75) is 32.2 Å². The van der Waals surface area contributed by atoms with Crippen molar-refractivity contribution < 1.29 is 14.4 Å². The summed E-state index contributed by atoms with van der Waals surface area (Å²) in [4.78, 5) is 38.7. The first kappa shape index (κ1) is 20.1. The van der Waals surface area contributed by atoms with Crippen molar-refractivity contribution in [3.63, 3.8) is 0 Å². The van der Waals surface area contributed by atoms with E-state index < -0.39 is 0 Å². The number of carbonyl (C=O) groups is 3. The predicted octanol–water partition coefficient (Wildman–Crippen LogP) is 3.87. The van der Waals surface area contributed by atoms with E-state index in [-0.39, 0.29) is 48.6 Å². The Bertz CT molecular complexity index is 940. The summed E-state index contributed by atoms with van der Waals surface area (Å²) in [5.74, 6) is -0.915. The molecule has 0 radical (unpaired) electrons. The van der Waals surface area contributed by atoms with Crippen molar-refractivity contribution in [2.24, 2.45) is 11.8 Å². The Kier molecular flexibility index (Phi) is 5.79. The molecule has 2 aromatic rings. The molecule has 30 heavy (non-hydrogen) atoms. The maximum Gasteiger partial charge on any atom is 0.233 e. The number of imide groups is 1. The molecule has 5 nitrogen and oxygen atoms in total. The van der Waals surface area contributed by atoms with Crippen LogP contribution in [0, 0.1) is 11.8 Å². The van der Waals surface area contributed by atoms with Crippen LogP contribution in [0.2, 0.25) is 0 Å². The third-order valence-electron chi connectivity index (χ3n) is 6.06. The molecule has 1 saturated heterocycles. The number of nitrogens with one attached hydrogen (secondary N) is 1. The summed E-state index contributed by atoms with van der Waals surface area (Å²) in [6.45, 7) is 2.08. The summed E-state index contributed by atoms with van der Waals surface area (Å²) in [6, 6.07) is 18.1. The number of nitrogens with zero attached hydrogens (tertiary/aromatic N) is 1. The van der Waals surface area contributed by atoms with Gasteiger partial charge in [0.15, 0.2) is 0 Å². The molecule has 4 rings (SSSR count). The van der Waals surface area contributed by atoms with Gasteiger partial charge in [-0.3, -0.25) is 19.3 Å². The van der Waals surface area contributed by atoms with Crippen LogP contribution < -0.4 is 5.32 Å². The van der Waals surface area contributed by atoms with Gasteiger partial charge in [0.05, 0.1) is 17.9 Å². The molecule has 1 heterocycles. The minimum atomic E-state index is -0.243. The highest BCUT2D eigenvalue weighted by Crippen LogP contribution is 2.35. The molecule has 0 bridgehead atoms. The van der Waals surface area contributed by atoms with E-state index in [2.05, 4.69) is 17.4 Å². The molecule has 0 saturated carbocycles. The van der Waals surface area contributed by atoms with E-state index >= 15 is 0 Å². The number of allylic oxidation sites excluding steroid dienone is 2. The van der Waals surface area contributed by atoms with E-state index in [9.17, 15) is 14.4 Å². The lowest BCUT2D eigenvalue weighted by Gasteiger charge is -2.17. The molecular formula is C25H26N2O3.